The fourth-order valence-corrected chi connectivity index (χ4v) is 1.01. The van der Waals surface area contributed by atoms with Gasteiger partial charge in [0.15, 0.2) is 6.10 Å². The minimum atomic E-state index is -0.624. The van der Waals surface area contributed by atoms with Gasteiger partial charge in [0.1, 0.15) is 5.75 Å². The molecule has 1 rings (SSSR count). The maximum absolute atomic E-state index is 11.0. The molecule has 76 valence electrons. The van der Waals surface area contributed by atoms with Crippen molar-refractivity contribution in [3.8, 4) is 5.75 Å². The average Bonchev–Trinajstić information content (AvgIpc) is 2.20. The van der Waals surface area contributed by atoms with Gasteiger partial charge in [0, 0.05) is 5.02 Å². The topological polar surface area (TPSA) is 64.3 Å². The molecular weight excluding hydrogens is 204 g/mol. The maximum Gasteiger partial charge on any atom is 0.274 e. The van der Waals surface area contributed by atoms with Crippen LogP contribution in [-0.2, 0) is 4.79 Å². The summed E-state index contributed by atoms with van der Waals surface area (Å²) in [5.41, 5.74) is 2.01. The van der Waals surface area contributed by atoms with Gasteiger partial charge in [-0.05, 0) is 31.2 Å². The Kier molecular flexibility index (Phi) is 3.73. The molecule has 14 heavy (non-hydrogen) atoms. The van der Waals surface area contributed by atoms with Gasteiger partial charge in [-0.3, -0.25) is 10.2 Å². The fraction of sp³-hybridized carbons (Fsp3) is 0.222. The van der Waals surface area contributed by atoms with E-state index in [4.69, 9.17) is 22.2 Å². The van der Waals surface area contributed by atoms with Crippen molar-refractivity contribution < 1.29 is 9.53 Å². The van der Waals surface area contributed by atoms with Gasteiger partial charge >= 0.3 is 0 Å². The zero-order valence-corrected chi connectivity index (χ0v) is 8.41. The largest absolute Gasteiger partial charge is 0.481 e. The normalized spacial score (nSPS) is 11.9. The summed E-state index contributed by atoms with van der Waals surface area (Å²) in [6, 6.07) is 6.74. The van der Waals surface area contributed by atoms with Crippen LogP contribution < -0.4 is 16.0 Å². The van der Waals surface area contributed by atoms with Crippen molar-refractivity contribution >= 4 is 17.5 Å². The van der Waals surface area contributed by atoms with Gasteiger partial charge in [-0.25, -0.2) is 5.84 Å². The van der Waals surface area contributed by atoms with E-state index in [0.29, 0.717) is 10.8 Å². The summed E-state index contributed by atoms with van der Waals surface area (Å²) in [4.78, 5) is 11.0. The molecule has 1 atom stereocenters. The first-order valence-electron chi connectivity index (χ1n) is 4.06. The van der Waals surface area contributed by atoms with E-state index >= 15 is 0 Å². The highest BCUT2D eigenvalue weighted by atomic mass is 35.5. The standard InChI is InChI=1S/C9H11ClN2O2/c1-6(9(13)12-11)14-8-4-2-7(10)3-5-8/h2-6H,11H2,1H3,(H,12,13)/t6-/m0/s1. The number of nitrogens with two attached hydrogens (primary N) is 1. The Morgan fingerprint density at radius 2 is 2.07 bits per heavy atom. The second-order valence-corrected chi connectivity index (χ2v) is 3.16. The molecule has 0 unspecified atom stereocenters. The molecule has 1 aromatic rings. The van der Waals surface area contributed by atoms with E-state index in [0.717, 1.165) is 0 Å². The summed E-state index contributed by atoms with van der Waals surface area (Å²) in [5.74, 6) is 5.15. The Balaban J connectivity index is 2.60. The predicted molar refractivity (Wildman–Crippen MR) is 53.9 cm³/mol. The first-order valence-corrected chi connectivity index (χ1v) is 4.44. The molecule has 0 bridgehead atoms. The molecule has 0 radical (unpaired) electrons. The van der Waals surface area contributed by atoms with E-state index < -0.39 is 6.10 Å². The van der Waals surface area contributed by atoms with Crippen LogP contribution in [0, 0.1) is 0 Å². The first kappa shape index (κ1) is 10.8. The van der Waals surface area contributed by atoms with Crippen molar-refractivity contribution in [3.63, 3.8) is 0 Å². The number of hydrogen-bond donors (Lipinski definition) is 2. The number of carbonyl (C=O) groups excluding carboxylic acids is 1. The lowest BCUT2D eigenvalue weighted by atomic mass is 10.3. The number of hydrogen-bond acceptors (Lipinski definition) is 3. The lowest BCUT2D eigenvalue weighted by molar-refractivity contribution is -0.127. The van der Waals surface area contributed by atoms with Gasteiger partial charge in [-0.1, -0.05) is 11.6 Å². The summed E-state index contributed by atoms with van der Waals surface area (Å²) in [6.45, 7) is 1.61. The molecule has 0 aliphatic heterocycles. The minimum absolute atomic E-state index is 0.375. The van der Waals surface area contributed by atoms with E-state index in [1.165, 1.54) is 0 Å². The van der Waals surface area contributed by atoms with Gasteiger partial charge in [0.25, 0.3) is 5.91 Å². The van der Waals surface area contributed by atoms with Gasteiger partial charge in [0.2, 0.25) is 0 Å². The maximum atomic E-state index is 11.0. The molecule has 0 spiro atoms. The molecule has 0 saturated heterocycles. The summed E-state index contributed by atoms with van der Waals surface area (Å²) in [7, 11) is 0. The van der Waals surface area contributed by atoms with Crippen molar-refractivity contribution in [2.24, 2.45) is 5.84 Å². The highest BCUT2D eigenvalue weighted by Crippen LogP contribution is 2.16. The third-order valence-corrected chi connectivity index (χ3v) is 1.89. The lowest BCUT2D eigenvalue weighted by Crippen LogP contribution is -2.40. The van der Waals surface area contributed by atoms with Crippen molar-refractivity contribution in [2.75, 3.05) is 0 Å². The van der Waals surface area contributed by atoms with Crippen LogP contribution in [0.15, 0.2) is 24.3 Å². The van der Waals surface area contributed by atoms with Crippen molar-refractivity contribution in [1.82, 2.24) is 5.43 Å². The third-order valence-electron chi connectivity index (χ3n) is 1.64. The average molecular weight is 215 g/mol. The molecule has 0 fully saturated rings. The second kappa shape index (κ2) is 4.83. The predicted octanol–water partition coefficient (Wildman–Crippen LogP) is 1.10. The Labute approximate surface area is 87.0 Å². The number of ether oxygens (including phenoxy) is 1. The summed E-state index contributed by atoms with van der Waals surface area (Å²) in [5, 5.41) is 0.619. The van der Waals surface area contributed by atoms with E-state index in [1.54, 1.807) is 31.2 Å². The van der Waals surface area contributed by atoms with Gasteiger partial charge in [0.05, 0.1) is 0 Å². The smallest absolute Gasteiger partial charge is 0.274 e. The molecule has 0 heterocycles. The van der Waals surface area contributed by atoms with Crippen LogP contribution in [-0.4, -0.2) is 12.0 Å². The number of hydrazine groups is 1. The Bertz CT molecular complexity index is 313. The summed E-state index contributed by atoms with van der Waals surface area (Å²) in [6.07, 6.45) is -0.624. The zero-order valence-electron chi connectivity index (χ0n) is 7.66. The Morgan fingerprint density at radius 1 is 1.50 bits per heavy atom. The number of carbonyl (C=O) groups is 1. The molecule has 4 nitrogen and oxygen atoms in total. The van der Waals surface area contributed by atoms with Crippen LogP contribution in [0.25, 0.3) is 0 Å². The van der Waals surface area contributed by atoms with Crippen LogP contribution in [0.4, 0.5) is 0 Å². The van der Waals surface area contributed by atoms with Crippen molar-refractivity contribution in [2.45, 2.75) is 13.0 Å². The molecule has 3 N–H and O–H groups in total. The Morgan fingerprint density at radius 3 is 2.57 bits per heavy atom. The van der Waals surface area contributed by atoms with Crippen molar-refractivity contribution in [3.05, 3.63) is 29.3 Å². The quantitative estimate of drug-likeness (QED) is 0.450. The monoisotopic (exact) mass is 214 g/mol. The van der Waals surface area contributed by atoms with E-state index in [-0.39, 0.29) is 5.91 Å². The number of halogens is 1. The molecule has 0 aliphatic carbocycles. The molecule has 0 aliphatic rings. The third kappa shape index (κ3) is 2.90. The first-order chi connectivity index (χ1) is 6.63. The molecule has 1 amide bonds. The van der Waals surface area contributed by atoms with Crippen molar-refractivity contribution in [1.29, 1.82) is 0 Å². The number of amides is 1. The Hall–Kier alpha value is -1.26. The molecule has 1 aromatic carbocycles. The molecule has 0 aromatic heterocycles. The van der Waals surface area contributed by atoms with Crippen LogP contribution in [0.5, 0.6) is 5.75 Å². The van der Waals surface area contributed by atoms with Gasteiger partial charge in [-0.2, -0.15) is 0 Å². The van der Waals surface area contributed by atoms with E-state index in [1.807, 2.05) is 5.43 Å². The van der Waals surface area contributed by atoms with Crippen LogP contribution in [0.3, 0.4) is 0 Å². The summed E-state index contributed by atoms with van der Waals surface area (Å²) >= 11 is 5.68. The van der Waals surface area contributed by atoms with Gasteiger partial charge in [-0.15, -0.1) is 0 Å². The fourth-order valence-electron chi connectivity index (χ4n) is 0.888. The van der Waals surface area contributed by atoms with E-state index in [9.17, 15) is 4.79 Å². The highest BCUT2D eigenvalue weighted by molar-refractivity contribution is 6.30. The molecular formula is C9H11ClN2O2. The van der Waals surface area contributed by atoms with Crippen LogP contribution in [0.1, 0.15) is 6.92 Å². The van der Waals surface area contributed by atoms with Crippen LogP contribution >= 0.6 is 11.6 Å². The minimum Gasteiger partial charge on any atom is -0.481 e. The highest BCUT2D eigenvalue weighted by Gasteiger charge is 2.12. The number of rotatable bonds is 3. The van der Waals surface area contributed by atoms with E-state index in [2.05, 4.69) is 0 Å². The van der Waals surface area contributed by atoms with Crippen LogP contribution in [0.2, 0.25) is 5.02 Å². The summed E-state index contributed by atoms with van der Waals surface area (Å²) < 4.78 is 5.27. The number of nitrogens with one attached hydrogen (secondary N) is 1. The molecule has 5 heteroatoms. The lowest BCUT2D eigenvalue weighted by Gasteiger charge is -2.12. The molecule has 0 saturated carbocycles. The second-order valence-electron chi connectivity index (χ2n) is 2.72. The SMILES string of the molecule is C[C@H](Oc1ccc(Cl)cc1)C(=O)NN. The number of benzene rings is 1. The zero-order chi connectivity index (χ0) is 10.6. The van der Waals surface area contributed by atoms with Gasteiger partial charge < -0.3 is 4.74 Å².